The Bertz CT molecular complexity index is 865. The summed E-state index contributed by atoms with van der Waals surface area (Å²) in [5.41, 5.74) is 2.11. The summed E-state index contributed by atoms with van der Waals surface area (Å²) in [5.74, 6) is 0.425. The van der Waals surface area contributed by atoms with Crippen molar-refractivity contribution in [2.24, 2.45) is 0 Å². The molecule has 4 nitrogen and oxygen atoms in total. The van der Waals surface area contributed by atoms with Crippen molar-refractivity contribution in [2.45, 2.75) is 6.54 Å². The number of amides is 1. The van der Waals surface area contributed by atoms with Gasteiger partial charge in [-0.25, -0.2) is 4.98 Å². The normalized spacial score (nSPS) is 10.3. The summed E-state index contributed by atoms with van der Waals surface area (Å²) in [4.78, 5) is 16.5. The minimum Gasteiger partial charge on any atom is -0.366 e. The lowest BCUT2D eigenvalue weighted by Crippen LogP contribution is -2.12. The van der Waals surface area contributed by atoms with Crippen LogP contribution in [0.5, 0.6) is 0 Å². The maximum atomic E-state index is 12.2. The quantitative estimate of drug-likeness (QED) is 0.643. The Morgan fingerprint density at radius 1 is 0.960 bits per heavy atom. The first-order chi connectivity index (χ1) is 12.1. The van der Waals surface area contributed by atoms with Crippen LogP contribution in [0.3, 0.4) is 0 Å². The fourth-order valence-corrected chi connectivity index (χ4v) is 2.49. The number of benzene rings is 2. The Hall–Kier alpha value is -2.56. The highest BCUT2D eigenvalue weighted by Crippen LogP contribution is 2.21. The lowest BCUT2D eigenvalue weighted by Gasteiger charge is -2.08. The van der Waals surface area contributed by atoms with Crippen molar-refractivity contribution in [3.63, 3.8) is 0 Å². The molecule has 126 valence electrons. The Morgan fingerprint density at radius 2 is 1.72 bits per heavy atom. The molecule has 0 aliphatic carbocycles. The molecule has 3 aromatic rings. The van der Waals surface area contributed by atoms with Crippen LogP contribution in [0.25, 0.3) is 0 Å². The van der Waals surface area contributed by atoms with E-state index in [4.69, 9.17) is 23.2 Å². The molecule has 0 saturated heterocycles. The number of nitrogens with one attached hydrogen (secondary N) is 2. The molecule has 6 heteroatoms. The van der Waals surface area contributed by atoms with Crippen molar-refractivity contribution >= 4 is 40.6 Å². The molecular formula is C19H15Cl2N3O. The molecule has 0 radical (unpaired) electrons. The first kappa shape index (κ1) is 17.3. The van der Waals surface area contributed by atoms with Gasteiger partial charge in [-0.3, -0.25) is 4.79 Å². The molecule has 0 fully saturated rings. The van der Waals surface area contributed by atoms with E-state index in [2.05, 4.69) is 15.6 Å². The van der Waals surface area contributed by atoms with Crippen LogP contribution in [0.15, 0.2) is 66.9 Å². The number of anilines is 2. The summed E-state index contributed by atoms with van der Waals surface area (Å²) in [7, 11) is 0. The number of rotatable bonds is 5. The number of pyridine rings is 1. The zero-order valence-electron chi connectivity index (χ0n) is 13.2. The van der Waals surface area contributed by atoms with Gasteiger partial charge in [0.05, 0.1) is 16.3 Å². The largest absolute Gasteiger partial charge is 0.366 e. The molecule has 0 aliphatic heterocycles. The summed E-state index contributed by atoms with van der Waals surface area (Å²) in [6, 6.07) is 18.1. The third-order valence-electron chi connectivity index (χ3n) is 3.53. The predicted molar refractivity (Wildman–Crippen MR) is 102 cm³/mol. The van der Waals surface area contributed by atoms with E-state index in [1.54, 1.807) is 30.3 Å². The number of para-hydroxylation sites is 1. The van der Waals surface area contributed by atoms with Crippen LogP contribution in [0, 0.1) is 0 Å². The fraction of sp³-hybridized carbons (Fsp3) is 0.0526. The molecule has 2 aromatic carbocycles. The Labute approximate surface area is 155 Å². The molecule has 0 saturated carbocycles. The van der Waals surface area contributed by atoms with E-state index >= 15 is 0 Å². The van der Waals surface area contributed by atoms with E-state index in [-0.39, 0.29) is 5.91 Å². The van der Waals surface area contributed by atoms with E-state index in [0.29, 0.717) is 33.7 Å². The number of carbonyl (C=O) groups excluding carboxylic acids is 1. The average molecular weight is 372 g/mol. The first-order valence-electron chi connectivity index (χ1n) is 7.62. The van der Waals surface area contributed by atoms with Crippen LogP contribution < -0.4 is 10.6 Å². The molecule has 0 bridgehead atoms. The summed E-state index contributed by atoms with van der Waals surface area (Å²) < 4.78 is 0. The zero-order chi connectivity index (χ0) is 17.6. The number of aromatic nitrogens is 1. The van der Waals surface area contributed by atoms with Gasteiger partial charge >= 0.3 is 0 Å². The topological polar surface area (TPSA) is 54.0 Å². The van der Waals surface area contributed by atoms with Gasteiger partial charge in [0.1, 0.15) is 5.82 Å². The standard InChI is InChI=1S/C19H15Cl2N3O/c20-15-8-5-13(6-9-15)11-22-18-10-7-14(12-23-18)19(25)24-17-4-2-1-3-16(17)21/h1-10,12H,11H2,(H,22,23)(H,24,25). The van der Waals surface area contributed by atoms with Crippen molar-refractivity contribution in [3.05, 3.63) is 88.0 Å². The van der Waals surface area contributed by atoms with Gasteiger partial charge in [0, 0.05) is 17.8 Å². The van der Waals surface area contributed by atoms with Crippen molar-refractivity contribution in [2.75, 3.05) is 10.6 Å². The summed E-state index contributed by atoms with van der Waals surface area (Å²) >= 11 is 11.9. The van der Waals surface area contributed by atoms with Gasteiger partial charge in [-0.1, -0.05) is 47.5 Å². The number of hydrogen-bond donors (Lipinski definition) is 2. The van der Waals surface area contributed by atoms with Gasteiger partial charge in [0.25, 0.3) is 5.91 Å². The second-order valence-corrected chi connectivity index (χ2v) is 6.19. The Kier molecular flexibility index (Phi) is 5.53. The van der Waals surface area contributed by atoms with Gasteiger partial charge in [-0.15, -0.1) is 0 Å². The zero-order valence-corrected chi connectivity index (χ0v) is 14.7. The predicted octanol–water partition coefficient (Wildman–Crippen LogP) is 5.25. The van der Waals surface area contributed by atoms with Crippen molar-refractivity contribution in [1.82, 2.24) is 4.98 Å². The van der Waals surface area contributed by atoms with Gasteiger partial charge in [-0.05, 0) is 42.0 Å². The fourth-order valence-electron chi connectivity index (χ4n) is 2.18. The van der Waals surface area contributed by atoms with E-state index < -0.39 is 0 Å². The molecule has 0 aliphatic rings. The minimum absolute atomic E-state index is 0.259. The van der Waals surface area contributed by atoms with Crippen LogP contribution >= 0.6 is 23.2 Å². The van der Waals surface area contributed by atoms with Crippen LogP contribution in [-0.2, 0) is 6.54 Å². The lowest BCUT2D eigenvalue weighted by atomic mass is 10.2. The summed E-state index contributed by atoms with van der Waals surface area (Å²) in [5, 5.41) is 7.16. The third kappa shape index (κ3) is 4.72. The molecule has 3 rings (SSSR count). The number of carbonyl (C=O) groups is 1. The molecular weight excluding hydrogens is 357 g/mol. The molecule has 2 N–H and O–H groups in total. The smallest absolute Gasteiger partial charge is 0.257 e. The van der Waals surface area contributed by atoms with Gasteiger partial charge in [0.15, 0.2) is 0 Å². The van der Waals surface area contributed by atoms with Crippen LogP contribution in [0.1, 0.15) is 15.9 Å². The summed E-state index contributed by atoms with van der Waals surface area (Å²) in [6.07, 6.45) is 1.52. The molecule has 25 heavy (non-hydrogen) atoms. The molecule has 1 heterocycles. The van der Waals surface area contributed by atoms with E-state index in [1.807, 2.05) is 30.3 Å². The van der Waals surface area contributed by atoms with Crippen molar-refractivity contribution in [1.29, 1.82) is 0 Å². The molecule has 1 amide bonds. The van der Waals surface area contributed by atoms with Crippen LogP contribution in [0.4, 0.5) is 11.5 Å². The SMILES string of the molecule is O=C(Nc1ccccc1Cl)c1ccc(NCc2ccc(Cl)cc2)nc1. The van der Waals surface area contributed by atoms with Crippen LogP contribution in [0.2, 0.25) is 10.0 Å². The van der Waals surface area contributed by atoms with Gasteiger partial charge < -0.3 is 10.6 Å². The van der Waals surface area contributed by atoms with Gasteiger partial charge in [0.2, 0.25) is 0 Å². The van der Waals surface area contributed by atoms with Crippen LogP contribution in [-0.4, -0.2) is 10.9 Å². The average Bonchev–Trinajstić information content (AvgIpc) is 2.63. The van der Waals surface area contributed by atoms with Gasteiger partial charge in [-0.2, -0.15) is 0 Å². The third-order valence-corrected chi connectivity index (χ3v) is 4.12. The maximum Gasteiger partial charge on any atom is 0.257 e. The second kappa shape index (κ2) is 8.01. The first-order valence-corrected chi connectivity index (χ1v) is 8.38. The van der Waals surface area contributed by atoms with Crippen molar-refractivity contribution in [3.8, 4) is 0 Å². The Morgan fingerprint density at radius 3 is 2.40 bits per heavy atom. The molecule has 0 unspecified atom stereocenters. The highest BCUT2D eigenvalue weighted by molar-refractivity contribution is 6.33. The lowest BCUT2D eigenvalue weighted by molar-refractivity contribution is 0.102. The second-order valence-electron chi connectivity index (χ2n) is 5.35. The minimum atomic E-state index is -0.259. The number of nitrogens with zero attached hydrogens (tertiary/aromatic N) is 1. The Balaban J connectivity index is 1.60. The number of hydrogen-bond acceptors (Lipinski definition) is 3. The van der Waals surface area contributed by atoms with Crippen molar-refractivity contribution < 1.29 is 4.79 Å². The molecule has 1 aromatic heterocycles. The molecule has 0 atom stereocenters. The monoisotopic (exact) mass is 371 g/mol. The highest BCUT2D eigenvalue weighted by Gasteiger charge is 2.08. The number of halogens is 2. The molecule has 0 spiro atoms. The van der Waals surface area contributed by atoms with E-state index in [0.717, 1.165) is 5.56 Å². The van der Waals surface area contributed by atoms with E-state index in [1.165, 1.54) is 6.20 Å². The van der Waals surface area contributed by atoms with E-state index in [9.17, 15) is 4.79 Å². The highest BCUT2D eigenvalue weighted by atomic mass is 35.5. The maximum absolute atomic E-state index is 12.2. The summed E-state index contributed by atoms with van der Waals surface area (Å²) in [6.45, 7) is 0.620.